The summed E-state index contributed by atoms with van der Waals surface area (Å²) >= 11 is 6.10. The summed E-state index contributed by atoms with van der Waals surface area (Å²) in [5.74, 6) is 0. The quantitative estimate of drug-likeness (QED) is 0.831. The van der Waals surface area contributed by atoms with E-state index in [2.05, 4.69) is 13.8 Å². The van der Waals surface area contributed by atoms with Crippen LogP contribution in [0.4, 0.5) is 0 Å². The number of rotatable bonds is 4. The molecule has 1 aromatic carbocycles. The van der Waals surface area contributed by atoms with Crippen molar-refractivity contribution in [2.24, 2.45) is 5.41 Å². The second-order valence-corrected chi connectivity index (χ2v) is 5.39. The van der Waals surface area contributed by atoms with Crippen molar-refractivity contribution in [3.8, 4) is 0 Å². The number of aliphatic hydroxyl groups is 1. The lowest BCUT2D eigenvalue weighted by Crippen LogP contribution is -2.21. The Morgan fingerprint density at radius 3 is 2.47 bits per heavy atom. The van der Waals surface area contributed by atoms with Crippen LogP contribution in [0.25, 0.3) is 0 Å². The van der Waals surface area contributed by atoms with E-state index in [1.54, 1.807) is 0 Å². The Hall–Kier alpha value is -0.530. The van der Waals surface area contributed by atoms with Crippen LogP contribution in [0.3, 0.4) is 0 Å². The highest BCUT2D eigenvalue weighted by Gasteiger charge is 2.21. The minimum absolute atomic E-state index is 0.0825. The van der Waals surface area contributed by atoms with E-state index in [1.807, 2.05) is 31.2 Å². The second kappa shape index (κ2) is 5.00. The van der Waals surface area contributed by atoms with Gasteiger partial charge in [0.2, 0.25) is 0 Å². The van der Waals surface area contributed by atoms with Gasteiger partial charge < -0.3 is 5.11 Å². The van der Waals surface area contributed by atoms with Crippen LogP contribution in [0.15, 0.2) is 24.3 Å². The molecule has 15 heavy (non-hydrogen) atoms. The van der Waals surface area contributed by atoms with Crippen LogP contribution in [-0.2, 0) is 6.42 Å². The van der Waals surface area contributed by atoms with Crippen LogP contribution in [0.1, 0.15) is 32.8 Å². The minimum Gasteiger partial charge on any atom is -0.393 e. The summed E-state index contributed by atoms with van der Waals surface area (Å²) in [7, 11) is 0. The van der Waals surface area contributed by atoms with E-state index in [9.17, 15) is 5.11 Å². The van der Waals surface area contributed by atoms with Crippen molar-refractivity contribution in [2.75, 3.05) is 0 Å². The molecule has 2 heteroatoms. The van der Waals surface area contributed by atoms with Crippen LogP contribution >= 0.6 is 11.6 Å². The zero-order valence-corrected chi connectivity index (χ0v) is 10.4. The van der Waals surface area contributed by atoms with E-state index in [4.69, 9.17) is 11.6 Å². The predicted octanol–water partition coefficient (Wildman–Crippen LogP) is 3.68. The van der Waals surface area contributed by atoms with Crippen molar-refractivity contribution in [2.45, 2.75) is 39.7 Å². The fraction of sp³-hybridized carbons (Fsp3) is 0.538. The molecular formula is C13H19ClO. The van der Waals surface area contributed by atoms with E-state index in [0.717, 1.165) is 23.4 Å². The summed E-state index contributed by atoms with van der Waals surface area (Å²) in [6.07, 6.45) is 1.43. The van der Waals surface area contributed by atoms with Crippen LogP contribution in [-0.4, -0.2) is 11.2 Å². The molecule has 0 saturated heterocycles. The molecule has 0 saturated carbocycles. The summed E-state index contributed by atoms with van der Waals surface area (Å²) in [6.45, 7) is 6.14. The Balaban J connectivity index is 2.73. The fourth-order valence-corrected chi connectivity index (χ4v) is 2.23. The number of hydrogen-bond acceptors (Lipinski definition) is 1. The number of aliphatic hydroxyl groups excluding tert-OH is 1. The van der Waals surface area contributed by atoms with Gasteiger partial charge in [0.15, 0.2) is 0 Å². The molecular weight excluding hydrogens is 208 g/mol. The highest BCUT2D eigenvalue weighted by Crippen LogP contribution is 2.30. The molecule has 1 N–H and O–H groups in total. The molecule has 0 amide bonds. The Morgan fingerprint density at radius 2 is 1.93 bits per heavy atom. The summed E-state index contributed by atoms with van der Waals surface area (Å²) in [4.78, 5) is 0. The van der Waals surface area contributed by atoms with Gasteiger partial charge in [-0.3, -0.25) is 0 Å². The smallest absolute Gasteiger partial charge is 0.0517 e. The highest BCUT2D eigenvalue weighted by atomic mass is 35.5. The zero-order chi connectivity index (χ0) is 11.5. The standard InChI is InChI=1S/C13H19ClO/c1-10(15)8-13(2,3)9-11-6-4-5-7-12(11)14/h4-7,10,15H,8-9H2,1-3H3. The maximum absolute atomic E-state index is 9.40. The van der Waals surface area contributed by atoms with E-state index in [1.165, 1.54) is 0 Å². The van der Waals surface area contributed by atoms with Crippen molar-refractivity contribution in [1.82, 2.24) is 0 Å². The van der Waals surface area contributed by atoms with E-state index < -0.39 is 0 Å². The first-order valence-electron chi connectivity index (χ1n) is 5.32. The molecule has 0 aliphatic heterocycles. The van der Waals surface area contributed by atoms with E-state index >= 15 is 0 Å². The molecule has 0 spiro atoms. The van der Waals surface area contributed by atoms with Crippen molar-refractivity contribution >= 4 is 11.6 Å². The van der Waals surface area contributed by atoms with Gasteiger partial charge in [-0.05, 0) is 36.8 Å². The zero-order valence-electron chi connectivity index (χ0n) is 9.63. The number of benzene rings is 1. The third-order valence-corrected chi connectivity index (χ3v) is 2.84. The Morgan fingerprint density at radius 1 is 1.33 bits per heavy atom. The first-order chi connectivity index (χ1) is 6.91. The van der Waals surface area contributed by atoms with Crippen LogP contribution in [0, 0.1) is 5.41 Å². The van der Waals surface area contributed by atoms with Gasteiger partial charge in [-0.2, -0.15) is 0 Å². The lowest BCUT2D eigenvalue weighted by atomic mass is 9.81. The second-order valence-electron chi connectivity index (χ2n) is 4.99. The highest BCUT2D eigenvalue weighted by molar-refractivity contribution is 6.31. The van der Waals surface area contributed by atoms with Gasteiger partial charge in [-0.1, -0.05) is 43.6 Å². The molecule has 1 atom stereocenters. The van der Waals surface area contributed by atoms with Gasteiger partial charge in [0.1, 0.15) is 0 Å². The molecule has 84 valence electrons. The first kappa shape index (κ1) is 12.5. The van der Waals surface area contributed by atoms with Crippen molar-refractivity contribution in [1.29, 1.82) is 0 Å². The van der Waals surface area contributed by atoms with Gasteiger partial charge in [0.05, 0.1) is 6.10 Å². The SMILES string of the molecule is CC(O)CC(C)(C)Cc1ccccc1Cl. The molecule has 1 rings (SSSR count). The summed E-state index contributed by atoms with van der Waals surface area (Å²) in [5, 5.41) is 10.2. The molecule has 0 bridgehead atoms. The largest absolute Gasteiger partial charge is 0.393 e. The molecule has 1 nitrogen and oxygen atoms in total. The molecule has 0 aromatic heterocycles. The first-order valence-corrected chi connectivity index (χ1v) is 5.70. The van der Waals surface area contributed by atoms with Gasteiger partial charge in [-0.15, -0.1) is 0 Å². The summed E-state index contributed by atoms with van der Waals surface area (Å²) in [5.41, 5.74) is 1.24. The van der Waals surface area contributed by atoms with Gasteiger partial charge in [0.25, 0.3) is 0 Å². The third kappa shape index (κ3) is 4.23. The lowest BCUT2D eigenvalue weighted by molar-refractivity contribution is 0.129. The van der Waals surface area contributed by atoms with Crippen molar-refractivity contribution in [3.63, 3.8) is 0 Å². The van der Waals surface area contributed by atoms with E-state index in [0.29, 0.717) is 0 Å². The summed E-state index contributed by atoms with van der Waals surface area (Å²) < 4.78 is 0. The minimum atomic E-state index is -0.262. The Labute approximate surface area is 97.1 Å². The van der Waals surface area contributed by atoms with Gasteiger partial charge >= 0.3 is 0 Å². The molecule has 1 aromatic rings. The number of hydrogen-bond donors (Lipinski definition) is 1. The summed E-state index contributed by atoms with van der Waals surface area (Å²) in [6, 6.07) is 7.90. The predicted molar refractivity (Wildman–Crippen MR) is 65.2 cm³/mol. The lowest BCUT2D eigenvalue weighted by Gasteiger charge is -2.26. The van der Waals surface area contributed by atoms with Crippen LogP contribution in [0.5, 0.6) is 0 Å². The fourth-order valence-electron chi connectivity index (χ4n) is 2.03. The maximum Gasteiger partial charge on any atom is 0.0517 e. The third-order valence-electron chi connectivity index (χ3n) is 2.47. The molecule has 0 aliphatic carbocycles. The van der Waals surface area contributed by atoms with Gasteiger partial charge in [-0.25, -0.2) is 0 Å². The van der Waals surface area contributed by atoms with Crippen LogP contribution in [0.2, 0.25) is 5.02 Å². The molecule has 1 unspecified atom stereocenters. The monoisotopic (exact) mass is 226 g/mol. The molecule has 0 aliphatic rings. The van der Waals surface area contributed by atoms with Crippen molar-refractivity contribution in [3.05, 3.63) is 34.9 Å². The molecule has 0 radical (unpaired) electrons. The maximum atomic E-state index is 9.40. The topological polar surface area (TPSA) is 20.2 Å². The average Bonchev–Trinajstić information content (AvgIpc) is 2.06. The van der Waals surface area contributed by atoms with Crippen LogP contribution < -0.4 is 0 Å². The Bertz CT molecular complexity index is 318. The average molecular weight is 227 g/mol. The molecule has 0 heterocycles. The normalized spacial score (nSPS) is 13.9. The number of halogens is 1. The Kier molecular flexibility index (Phi) is 4.18. The van der Waals surface area contributed by atoms with Crippen molar-refractivity contribution < 1.29 is 5.11 Å². The van der Waals surface area contributed by atoms with E-state index in [-0.39, 0.29) is 11.5 Å². The molecule has 0 fully saturated rings. The van der Waals surface area contributed by atoms with Gasteiger partial charge in [0, 0.05) is 5.02 Å².